The lowest BCUT2D eigenvalue weighted by atomic mass is 9.93. The molecule has 1 aromatic heterocycles. The molecule has 0 saturated heterocycles. The second-order valence-electron chi connectivity index (χ2n) is 6.02. The van der Waals surface area contributed by atoms with Crippen LogP contribution in [0.25, 0.3) is 0 Å². The molecule has 0 aliphatic heterocycles. The highest BCUT2D eigenvalue weighted by Gasteiger charge is 2.24. The van der Waals surface area contributed by atoms with Gasteiger partial charge in [-0.15, -0.1) is 0 Å². The first-order valence-corrected chi connectivity index (χ1v) is 8.31. The Hall–Kier alpha value is -1.56. The SMILES string of the molecule is CCC(CC)c1cc(CNC(=O)N[C@@H]2CCCC[C@@H]2O)on1. The topological polar surface area (TPSA) is 87.4 Å². The van der Waals surface area contributed by atoms with Gasteiger partial charge in [-0.1, -0.05) is 31.8 Å². The summed E-state index contributed by atoms with van der Waals surface area (Å²) in [6.45, 7) is 4.56. The third-order valence-electron chi connectivity index (χ3n) is 4.45. The Morgan fingerprint density at radius 2 is 2.14 bits per heavy atom. The molecule has 6 heteroatoms. The molecule has 1 aromatic rings. The molecule has 2 atom stereocenters. The smallest absolute Gasteiger partial charge is 0.315 e. The fourth-order valence-electron chi connectivity index (χ4n) is 2.98. The summed E-state index contributed by atoms with van der Waals surface area (Å²) < 4.78 is 5.27. The Kier molecular flexibility index (Phi) is 6.24. The van der Waals surface area contributed by atoms with Gasteiger partial charge in [-0.25, -0.2) is 4.79 Å². The van der Waals surface area contributed by atoms with Gasteiger partial charge in [-0.05, 0) is 25.7 Å². The van der Waals surface area contributed by atoms with Crippen LogP contribution in [0.4, 0.5) is 4.79 Å². The van der Waals surface area contributed by atoms with E-state index < -0.39 is 6.10 Å². The van der Waals surface area contributed by atoms with Crippen molar-refractivity contribution in [1.82, 2.24) is 15.8 Å². The number of nitrogens with one attached hydrogen (secondary N) is 2. The highest BCUT2D eigenvalue weighted by molar-refractivity contribution is 5.74. The van der Waals surface area contributed by atoms with Crippen molar-refractivity contribution >= 4 is 6.03 Å². The maximum atomic E-state index is 11.9. The van der Waals surface area contributed by atoms with Gasteiger partial charge >= 0.3 is 6.03 Å². The highest BCUT2D eigenvalue weighted by Crippen LogP contribution is 2.22. The van der Waals surface area contributed by atoms with Gasteiger partial charge in [0.1, 0.15) is 0 Å². The van der Waals surface area contributed by atoms with E-state index in [1.807, 2.05) is 6.07 Å². The van der Waals surface area contributed by atoms with Crippen molar-refractivity contribution in [3.05, 3.63) is 17.5 Å². The Morgan fingerprint density at radius 1 is 1.41 bits per heavy atom. The fourth-order valence-corrected chi connectivity index (χ4v) is 2.98. The first-order chi connectivity index (χ1) is 10.6. The predicted molar refractivity (Wildman–Crippen MR) is 83.5 cm³/mol. The molecule has 1 fully saturated rings. The van der Waals surface area contributed by atoms with E-state index in [2.05, 4.69) is 29.6 Å². The van der Waals surface area contributed by atoms with Gasteiger partial charge in [-0.3, -0.25) is 0 Å². The second kappa shape index (κ2) is 8.17. The minimum atomic E-state index is -0.439. The molecule has 3 N–H and O–H groups in total. The van der Waals surface area contributed by atoms with Crippen LogP contribution in [0.5, 0.6) is 0 Å². The summed E-state index contributed by atoms with van der Waals surface area (Å²) in [6.07, 6.45) is 5.26. The average Bonchev–Trinajstić information content (AvgIpc) is 2.98. The minimum absolute atomic E-state index is 0.149. The standard InChI is InChI=1S/C16H27N3O3/c1-3-11(4-2)14-9-12(22-19-14)10-17-16(21)18-13-7-5-6-8-15(13)20/h9,11,13,15,20H,3-8,10H2,1-2H3,(H2,17,18,21)/t13-,15+/m1/s1. The number of rotatable bonds is 6. The van der Waals surface area contributed by atoms with Crippen molar-refractivity contribution in [1.29, 1.82) is 0 Å². The van der Waals surface area contributed by atoms with Crippen LogP contribution in [0.2, 0.25) is 0 Å². The number of carbonyl (C=O) groups excluding carboxylic acids is 1. The molecule has 0 spiro atoms. The average molecular weight is 309 g/mol. The molecule has 0 aromatic carbocycles. The van der Waals surface area contributed by atoms with E-state index in [0.29, 0.717) is 18.2 Å². The lowest BCUT2D eigenvalue weighted by Gasteiger charge is -2.28. The van der Waals surface area contributed by atoms with E-state index in [4.69, 9.17) is 4.52 Å². The van der Waals surface area contributed by atoms with Crippen LogP contribution in [0.3, 0.4) is 0 Å². The first kappa shape index (κ1) is 16.8. The van der Waals surface area contributed by atoms with Crippen LogP contribution in [0.1, 0.15) is 69.7 Å². The Labute approximate surface area is 131 Å². The third-order valence-corrected chi connectivity index (χ3v) is 4.45. The summed E-state index contributed by atoms with van der Waals surface area (Å²) in [5.41, 5.74) is 0.949. The number of hydrogen-bond acceptors (Lipinski definition) is 4. The van der Waals surface area contributed by atoms with Gasteiger partial charge in [0, 0.05) is 12.0 Å². The van der Waals surface area contributed by atoms with E-state index in [1.165, 1.54) is 0 Å². The summed E-state index contributed by atoms with van der Waals surface area (Å²) in [7, 11) is 0. The van der Waals surface area contributed by atoms with E-state index in [0.717, 1.165) is 44.2 Å². The zero-order chi connectivity index (χ0) is 15.9. The molecule has 1 saturated carbocycles. The summed E-state index contributed by atoms with van der Waals surface area (Å²) in [5, 5.41) is 19.5. The second-order valence-corrected chi connectivity index (χ2v) is 6.02. The molecule has 1 aliphatic carbocycles. The highest BCUT2D eigenvalue weighted by atomic mass is 16.5. The van der Waals surface area contributed by atoms with Gasteiger partial charge in [0.05, 0.1) is 24.4 Å². The third kappa shape index (κ3) is 4.47. The molecule has 0 radical (unpaired) electrons. The van der Waals surface area contributed by atoms with Crippen LogP contribution in [0, 0.1) is 0 Å². The molecule has 2 amide bonds. The quantitative estimate of drug-likeness (QED) is 0.754. The normalized spacial score (nSPS) is 21.8. The number of aliphatic hydroxyl groups is 1. The number of amides is 2. The van der Waals surface area contributed by atoms with E-state index >= 15 is 0 Å². The molecular weight excluding hydrogens is 282 g/mol. The first-order valence-electron chi connectivity index (χ1n) is 8.31. The van der Waals surface area contributed by atoms with Crippen molar-refractivity contribution in [2.75, 3.05) is 0 Å². The molecule has 1 heterocycles. The summed E-state index contributed by atoms with van der Waals surface area (Å²) in [6, 6.07) is 1.49. The number of hydrogen-bond donors (Lipinski definition) is 3. The van der Waals surface area contributed by atoms with Crippen molar-refractivity contribution in [2.24, 2.45) is 0 Å². The van der Waals surface area contributed by atoms with Crippen molar-refractivity contribution in [3.8, 4) is 0 Å². The minimum Gasteiger partial charge on any atom is -0.391 e. The summed E-state index contributed by atoms with van der Waals surface area (Å²) >= 11 is 0. The number of aliphatic hydroxyl groups excluding tert-OH is 1. The Bertz CT molecular complexity index is 471. The van der Waals surface area contributed by atoms with E-state index in [-0.39, 0.29) is 12.1 Å². The van der Waals surface area contributed by atoms with Gasteiger partial charge < -0.3 is 20.3 Å². The van der Waals surface area contributed by atoms with Gasteiger partial charge in [0.25, 0.3) is 0 Å². The van der Waals surface area contributed by atoms with Crippen LogP contribution in [0.15, 0.2) is 10.6 Å². The Balaban J connectivity index is 1.78. The molecular formula is C16H27N3O3. The van der Waals surface area contributed by atoms with Gasteiger partial charge in [0.2, 0.25) is 0 Å². The van der Waals surface area contributed by atoms with Gasteiger partial charge in [-0.2, -0.15) is 0 Å². The molecule has 6 nitrogen and oxygen atoms in total. The monoisotopic (exact) mass is 309 g/mol. The van der Waals surface area contributed by atoms with Crippen molar-refractivity contribution in [3.63, 3.8) is 0 Å². The maximum Gasteiger partial charge on any atom is 0.315 e. The number of aromatic nitrogens is 1. The lowest BCUT2D eigenvalue weighted by Crippen LogP contribution is -2.48. The largest absolute Gasteiger partial charge is 0.391 e. The van der Waals surface area contributed by atoms with E-state index in [1.54, 1.807) is 0 Å². The van der Waals surface area contributed by atoms with Crippen LogP contribution < -0.4 is 10.6 Å². The van der Waals surface area contributed by atoms with Crippen LogP contribution in [-0.4, -0.2) is 28.4 Å². The number of nitrogens with zero attached hydrogens (tertiary/aromatic N) is 1. The summed E-state index contributed by atoms with van der Waals surface area (Å²) in [5.74, 6) is 1.06. The van der Waals surface area contributed by atoms with Crippen LogP contribution in [-0.2, 0) is 6.54 Å². The lowest BCUT2D eigenvalue weighted by molar-refractivity contribution is 0.0942. The molecule has 22 heavy (non-hydrogen) atoms. The van der Waals surface area contributed by atoms with Crippen molar-refractivity contribution < 1.29 is 14.4 Å². The predicted octanol–water partition coefficient (Wildman–Crippen LogP) is 2.68. The fraction of sp³-hybridized carbons (Fsp3) is 0.750. The Morgan fingerprint density at radius 3 is 2.82 bits per heavy atom. The molecule has 1 aliphatic rings. The molecule has 0 bridgehead atoms. The number of urea groups is 1. The zero-order valence-corrected chi connectivity index (χ0v) is 13.5. The number of carbonyl (C=O) groups is 1. The molecule has 2 rings (SSSR count). The van der Waals surface area contributed by atoms with Crippen LogP contribution >= 0.6 is 0 Å². The van der Waals surface area contributed by atoms with Crippen molar-refractivity contribution in [2.45, 2.75) is 77.0 Å². The summed E-state index contributed by atoms with van der Waals surface area (Å²) in [4.78, 5) is 11.9. The van der Waals surface area contributed by atoms with E-state index in [9.17, 15) is 9.90 Å². The molecule has 124 valence electrons. The maximum absolute atomic E-state index is 11.9. The zero-order valence-electron chi connectivity index (χ0n) is 13.5. The van der Waals surface area contributed by atoms with Gasteiger partial charge in [0.15, 0.2) is 5.76 Å². The molecule has 0 unspecified atom stereocenters.